The number of hydrogen-bond acceptors (Lipinski definition) is 25. The lowest BCUT2D eigenvalue weighted by molar-refractivity contribution is -0.148. The van der Waals surface area contributed by atoms with Gasteiger partial charge in [0, 0.05) is 0 Å². The van der Waals surface area contributed by atoms with Gasteiger partial charge in [-0.2, -0.15) is 0 Å². The highest BCUT2D eigenvalue weighted by molar-refractivity contribution is 5.94. The minimum absolute atomic E-state index is 0.107. The maximum absolute atomic E-state index is 11.2. The van der Waals surface area contributed by atoms with Crippen molar-refractivity contribution in [1.82, 2.24) is 0 Å². The Morgan fingerprint density at radius 3 is 0.370 bits per heavy atom. The number of ether oxygens (including phenoxy) is 21. The second kappa shape index (κ2) is 62.1. The van der Waals surface area contributed by atoms with Crippen LogP contribution in [-0.4, -0.2) is 288 Å². The van der Waals surface area contributed by atoms with Crippen LogP contribution in [0.5, 0.6) is 0 Å². The van der Waals surface area contributed by atoms with E-state index in [9.17, 15) is 19.2 Å². The summed E-state index contributed by atoms with van der Waals surface area (Å²) in [5, 5.41) is 0. The van der Waals surface area contributed by atoms with Crippen LogP contribution < -0.4 is 0 Å². The van der Waals surface area contributed by atoms with Crippen molar-refractivity contribution >= 4 is 23.5 Å². The fourth-order valence-corrected chi connectivity index (χ4v) is 5.00. The first-order valence-corrected chi connectivity index (χ1v) is 25.2. The smallest absolute Gasteiger partial charge is 0.313 e. The van der Waals surface area contributed by atoms with Gasteiger partial charge >= 0.3 is 11.9 Å². The summed E-state index contributed by atoms with van der Waals surface area (Å²) >= 11 is 0. The molecule has 0 amide bonds. The summed E-state index contributed by atoms with van der Waals surface area (Å²) in [5.74, 6) is -1.56. The lowest BCUT2D eigenvalue weighted by Crippen LogP contribution is -2.16. The molecule has 0 aliphatic heterocycles. The largest absolute Gasteiger partial charge is 0.463 e. The molecule has 0 unspecified atom stereocenters. The molecule has 0 bridgehead atoms. The highest BCUT2D eigenvalue weighted by Gasteiger charge is 2.07. The number of ketones is 2. The maximum atomic E-state index is 11.2. The first-order valence-electron chi connectivity index (χ1n) is 25.2. The topological polar surface area (TPSA) is 262 Å². The lowest BCUT2D eigenvalue weighted by atomic mass is 10.3. The molecule has 0 heterocycles. The van der Waals surface area contributed by atoms with Gasteiger partial charge in [0.25, 0.3) is 0 Å². The molecule has 0 aromatic rings. The third kappa shape index (κ3) is 65.6. The zero-order valence-electron chi connectivity index (χ0n) is 43.9. The number of carbonyl (C=O) groups is 4. The quantitative estimate of drug-likeness (QED) is 0.0452. The maximum Gasteiger partial charge on any atom is 0.313 e. The van der Waals surface area contributed by atoms with E-state index in [-0.39, 0.29) is 50.8 Å². The zero-order chi connectivity index (χ0) is 52.9. The van der Waals surface area contributed by atoms with Crippen molar-refractivity contribution in [2.75, 3.05) is 264 Å². The van der Waals surface area contributed by atoms with Crippen LogP contribution in [-0.2, 0) is 119 Å². The molecule has 0 radical (unpaired) electrons. The highest BCUT2D eigenvalue weighted by atomic mass is 16.6. The van der Waals surface area contributed by atoms with Gasteiger partial charge in [0.1, 0.15) is 37.6 Å². The number of rotatable bonds is 64. The van der Waals surface area contributed by atoms with Crippen molar-refractivity contribution in [2.45, 2.75) is 26.7 Å². The SMILES string of the molecule is CC(=O)CC(=O)OCCOCCOCCOCCOCCOCCOCCOCCOCCOCCOCCOCCOCCOCCOCCOCCOCCOCCOCCOCCOC(=O)CC(C)=O. The number of esters is 2. The van der Waals surface area contributed by atoms with Crippen LogP contribution in [0, 0.1) is 0 Å². The minimum Gasteiger partial charge on any atom is -0.463 e. The van der Waals surface area contributed by atoms with Crippen LogP contribution in [0.2, 0.25) is 0 Å². The molecule has 73 heavy (non-hydrogen) atoms. The van der Waals surface area contributed by atoms with Gasteiger partial charge in [-0.1, -0.05) is 0 Å². The second-order valence-electron chi connectivity index (χ2n) is 14.8. The summed E-state index contributed by atoms with van der Waals surface area (Å²) in [7, 11) is 0. The van der Waals surface area contributed by atoms with Crippen LogP contribution in [0.15, 0.2) is 0 Å². The van der Waals surface area contributed by atoms with E-state index in [1.807, 2.05) is 0 Å². The molecule has 0 spiro atoms. The van der Waals surface area contributed by atoms with Crippen molar-refractivity contribution < 1.29 is 119 Å². The molecule has 0 aromatic heterocycles. The lowest BCUT2D eigenvalue weighted by Gasteiger charge is -2.09. The van der Waals surface area contributed by atoms with E-state index in [0.29, 0.717) is 238 Å². The number of Topliss-reactive ketones (excluding diaryl/α,β-unsaturated/α-hetero) is 2. The monoisotopic (exact) mass is 1070 g/mol. The number of carbonyl (C=O) groups excluding carboxylic acids is 4. The molecule has 0 rings (SSSR count). The van der Waals surface area contributed by atoms with Crippen LogP contribution in [0.25, 0.3) is 0 Å². The molecular formula is C48H90O25. The van der Waals surface area contributed by atoms with E-state index in [1.165, 1.54) is 13.8 Å². The molecule has 0 aliphatic rings. The first-order chi connectivity index (χ1) is 35.9. The van der Waals surface area contributed by atoms with Gasteiger partial charge in [-0.3, -0.25) is 19.2 Å². The molecule has 0 saturated heterocycles. The molecular weight excluding hydrogens is 977 g/mol. The standard InChI is InChI=1S/C48H90O25/c1-45(49)43-47(51)72-41-39-70-37-35-68-33-31-66-29-27-64-25-23-62-21-19-60-17-15-58-13-11-56-9-7-54-5-3-53-4-6-55-8-10-57-12-14-59-16-18-61-20-22-63-24-26-65-28-30-67-32-34-69-36-38-71-40-42-73-48(52)44-46(2)50/h3-44H2,1-2H3. The minimum atomic E-state index is -0.547. The first kappa shape index (κ1) is 70.5. The summed E-state index contributed by atoms with van der Waals surface area (Å²) in [5.41, 5.74) is 0. The molecule has 0 atom stereocenters. The molecule has 0 aliphatic carbocycles. The van der Waals surface area contributed by atoms with Gasteiger partial charge in [0.05, 0.1) is 251 Å². The molecule has 25 heteroatoms. The summed E-state index contributed by atoms with van der Waals surface area (Å²) in [6.07, 6.45) is -0.438. The van der Waals surface area contributed by atoms with Gasteiger partial charge in [-0.05, 0) is 13.8 Å². The summed E-state index contributed by atoms with van der Waals surface area (Å²) < 4.78 is 113. The van der Waals surface area contributed by atoms with Crippen molar-refractivity contribution in [3.05, 3.63) is 0 Å². The summed E-state index contributed by atoms with van der Waals surface area (Å²) in [6, 6.07) is 0. The van der Waals surface area contributed by atoms with Crippen LogP contribution in [0.1, 0.15) is 26.7 Å². The molecule has 432 valence electrons. The van der Waals surface area contributed by atoms with Crippen molar-refractivity contribution in [3.8, 4) is 0 Å². The van der Waals surface area contributed by atoms with E-state index in [2.05, 4.69) is 0 Å². The van der Waals surface area contributed by atoms with Gasteiger partial charge in [-0.25, -0.2) is 0 Å². The highest BCUT2D eigenvalue weighted by Crippen LogP contribution is 1.93. The fraction of sp³-hybridized carbons (Fsp3) is 0.917. The average molecular weight is 1070 g/mol. The predicted octanol–water partition coefficient (Wildman–Crippen LogP) is 0.346. The van der Waals surface area contributed by atoms with Gasteiger partial charge < -0.3 is 99.5 Å². The van der Waals surface area contributed by atoms with Crippen molar-refractivity contribution in [1.29, 1.82) is 0 Å². The van der Waals surface area contributed by atoms with Crippen molar-refractivity contribution in [3.63, 3.8) is 0 Å². The molecule has 25 nitrogen and oxygen atoms in total. The molecule has 0 fully saturated rings. The Hall–Kier alpha value is -2.48. The van der Waals surface area contributed by atoms with Crippen LogP contribution >= 0.6 is 0 Å². The van der Waals surface area contributed by atoms with Crippen LogP contribution in [0.4, 0.5) is 0 Å². The summed E-state index contributed by atoms with van der Waals surface area (Å²) in [6.45, 7) is 19.8. The Kier molecular flexibility index (Phi) is 60.0. The molecule has 0 aromatic carbocycles. The zero-order valence-corrected chi connectivity index (χ0v) is 43.9. The Morgan fingerprint density at radius 2 is 0.274 bits per heavy atom. The molecule has 0 N–H and O–H groups in total. The van der Waals surface area contributed by atoms with Gasteiger partial charge in [-0.15, -0.1) is 0 Å². The predicted molar refractivity (Wildman–Crippen MR) is 258 cm³/mol. The van der Waals surface area contributed by atoms with E-state index in [0.717, 1.165) is 0 Å². The van der Waals surface area contributed by atoms with E-state index in [4.69, 9.17) is 99.5 Å². The average Bonchev–Trinajstić information content (AvgIpc) is 3.36. The Labute approximate surface area is 432 Å². The van der Waals surface area contributed by atoms with E-state index >= 15 is 0 Å². The molecule has 0 saturated carbocycles. The summed E-state index contributed by atoms with van der Waals surface area (Å²) in [4.78, 5) is 44.0. The van der Waals surface area contributed by atoms with E-state index < -0.39 is 11.9 Å². The van der Waals surface area contributed by atoms with Gasteiger partial charge in [0.15, 0.2) is 0 Å². The third-order valence-electron chi connectivity index (χ3n) is 8.46. The number of hydrogen-bond donors (Lipinski definition) is 0. The Morgan fingerprint density at radius 1 is 0.178 bits per heavy atom. The van der Waals surface area contributed by atoms with Crippen molar-refractivity contribution in [2.24, 2.45) is 0 Å². The van der Waals surface area contributed by atoms with Crippen LogP contribution in [0.3, 0.4) is 0 Å². The fourth-order valence-electron chi connectivity index (χ4n) is 5.00. The van der Waals surface area contributed by atoms with Gasteiger partial charge in [0.2, 0.25) is 0 Å². The Bertz CT molecular complexity index is 1090. The third-order valence-corrected chi connectivity index (χ3v) is 8.46. The second-order valence-corrected chi connectivity index (χ2v) is 14.8. The van der Waals surface area contributed by atoms with E-state index in [1.54, 1.807) is 0 Å². The Balaban J connectivity index is 3.10. The normalized spacial score (nSPS) is 11.4.